The van der Waals surface area contributed by atoms with Crippen molar-refractivity contribution >= 4 is 38.9 Å². The van der Waals surface area contributed by atoms with E-state index in [4.69, 9.17) is 4.74 Å². The van der Waals surface area contributed by atoms with Crippen molar-refractivity contribution in [3.8, 4) is 11.5 Å². The molecule has 2 aromatic carbocycles. The highest BCUT2D eigenvalue weighted by atomic mass is 32.2. The van der Waals surface area contributed by atoms with Crippen LogP contribution in [-0.2, 0) is 19.4 Å². The summed E-state index contributed by atoms with van der Waals surface area (Å²) < 4.78 is 38.4. The number of benzene rings is 2. The number of esters is 1. The van der Waals surface area contributed by atoms with E-state index in [1.54, 1.807) is 18.2 Å². The first kappa shape index (κ1) is 28.2. The van der Waals surface area contributed by atoms with Crippen LogP contribution in [0.15, 0.2) is 46.2 Å². The number of carbonyl (C=O) groups excluding carboxylic acids is 1. The summed E-state index contributed by atoms with van der Waals surface area (Å²) in [6.07, 6.45) is 7.38. The molecule has 0 amide bonds. The molecule has 1 aliphatic heterocycles. The minimum atomic E-state index is -3.68. The smallest absolute Gasteiger partial charge is 0.343 e. The molecule has 9 heteroatoms. The van der Waals surface area contributed by atoms with Gasteiger partial charge >= 0.3 is 5.97 Å². The normalized spacial score (nSPS) is 16.2. The number of methoxy groups -OCH3 is 1. The van der Waals surface area contributed by atoms with Crippen LogP contribution in [0.2, 0.25) is 0 Å². The third-order valence-electron chi connectivity index (χ3n) is 6.72. The van der Waals surface area contributed by atoms with Gasteiger partial charge in [0, 0.05) is 23.7 Å². The number of anilines is 2. The van der Waals surface area contributed by atoms with Gasteiger partial charge in [0.15, 0.2) is 16.4 Å². The van der Waals surface area contributed by atoms with Gasteiger partial charge in [0.25, 0.3) is 0 Å². The lowest BCUT2D eigenvalue weighted by atomic mass is 9.79. The lowest BCUT2D eigenvalue weighted by Gasteiger charge is -2.37. The molecule has 0 aromatic heterocycles. The Hall–Kier alpha value is -2.39. The molecule has 0 fully saturated rings. The fourth-order valence-electron chi connectivity index (χ4n) is 4.80. The average Bonchev–Trinajstić information content (AvgIpc) is 2.96. The van der Waals surface area contributed by atoms with Crippen LogP contribution in [0.1, 0.15) is 52.4 Å². The first-order chi connectivity index (χ1) is 17.2. The highest BCUT2D eigenvalue weighted by molar-refractivity contribution is 7.98. The monoisotopic (exact) mass is 535 g/mol. The van der Waals surface area contributed by atoms with Crippen molar-refractivity contribution in [2.45, 2.75) is 62.2 Å². The van der Waals surface area contributed by atoms with Gasteiger partial charge in [0.2, 0.25) is 0 Å². The van der Waals surface area contributed by atoms with E-state index in [2.05, 4.69) is 23.5 Å². The molecule has 0 saturated heterocycles. The average molecular weight is 536 g/mol. The first-order valence-corrected chi connectivity index (χ1v) is 15.3. The lowest BCUT2D eigenvalue weighted by Crippen LogP contribution is -2.38. The fourth-order valence-corrected chi connectivity index (χ4v) is 7.46. The first-order valence-electron chi connectivity index (χ1n) is 12.4. The maximum absolute atomic E-state index is 14.0. The second-order valence-electron chi connectivity index (χ2n) is 9.40. The van der Waals surface area contributed by atoms with Crippen molar-refractivity contribution in [1.82, 2.24) is 0 Å². The van der Waals surface area contributed by atoms with Gasteiger partial charge in [0.05, 0.1) is 28.3 Å². The van der Waals surface area contributed by atoms with Crippen LogP contribution in [0.25, 0.3) is 0 Å². The molecular weight excluding hydrogens is 498 g/mol. The predicted molar refractivity (Wildman–Crippen MR) is 144 cm³/mol. The highest BCUT2D eigenvalue weighted by Crippen LogP contribution is 2.47. The number of hydrogen-bond donors (Lipinski definition) is 1. The summed E-state index contributed by atoms with van der Waals surface area (Å²) in [5.74, 6) is 0.0108. The third kappa shape index (κ3) is 6.48. The Morgan fingerprint density at radius 1 is 1.11 bits per heavy atom. The fraction of sp³-hybridized carbons (Fsp3) is 0.519. The summed E-state index contributed by atoms with van der Waals surface area (Å²) in [5, 5.41) is 9.89. The molecule has 0 spiro atoms. The van der Waals surface area contributed by atoms with Crippen molar-refractivity contribution in [1.29, 1.82) is 0 Å². The van der Waals surface area contributed by atoms with Crippen LogP contribution in [0.4, 0.5) is 11.4 Å². The SMILES string of the molecule is CCCCC1(CCCC)CN(c2ccc(O)cc2)c2cc(SC)c(OCC(=O)OC)cc2S(=O)(=O)C1. The lowest BCUT2D eigenvalue weighted by molar-refractivity contribution is -0.142. The highest BCUT2D eigenvalue weighted by Gasteiger charge is 2.42. The summed E-state index contributed by atoms with van der Waals surface area (Å²) >= 11 is 1.42. The Balaban J connectivity index is 2.22. The minimum absolute atomic E-state index is 0.0522. The number of phenols is 1. The Labute approximate surface area is 219 Å². The van der Waals surface area contributed by atoms with E-state index in [1.807, 2.05) is 24.5 Å². The van der Waals surface area contributed by atoms with Crippen LogP contribution < -0.4 is 9.64 Å². The van der Waals surface area contributed by atoms with E-state index >= 15 is 0 Å². The molecule has 1 N–H and O–H groups in total. The van der Waals surface area contributed by atoms with Crippen molar-refractivity contribution in [2.24, 2.45) is 5.41 Å². The van der Waals surface area contributed by atoms with Crippen molar-refractivity contribution < 1.29 is 27.8 Å². The molecule has 0 bridgehead atoms. The van der Waals surface area contributed by atoms with Crippen molar-refractivity contribution in [3.63, 3.8) is 0 Å². The number of fused-ring (bicyclic) bond motifs is 1. The zero-order chi connectivity index (χ0) is 26.3. The number of thioether (sulfide) groups is 1. The number of ether oxygens (including phenoxy) is 2. The molecule has 36 heavy (non-hydrogen) atoms. The van der Waals surface area contributed by atoms with Crippen LogP contribution in [0, 0.1) is 5.41 Å². The maximum Gasteiger partial charge on any atom is 0.343 e. The van der Waals surface area contributed by atoms with Gasteiger partial charge in [-0.3, -0.25) is 0 Å². The maximum atomic E-state index is 14.0. The molecule has 0 radical (unpaired) electrons. The molecule has 2 aromatic rings. The second-order valence-corrected chi connectivity index (χ2v) is 12.2. The van der Waals surface area contributed by atoms with Crippen LogP contribution in [0.5, 0.6) is 11.5 Å². The number of hydrogen-bond acceptors (Lipinski definition) is 8. The largest absolute Gasteiger partial charge is 0.508 e. The summed E-state index contributed by atoms with van der Waals surface area (Å²) in [5.41, 5.74) is 0.984. The van der Waals surface area contributed by atoms with Gasteiger partial charge in [-0.15, -0.1) is 11.8 Å². The summed E-state index contributed by atoms with van der Waals surface area (Å²) in [6.45, 7) is 4.50. The molecule has 1 aliphatic rings. The van der Waals surface area contributed by atoms with Gasteiger partial charge in [-0.1, -0.05) is 39.5 Å². The third-order valence-corrected chi connectivity index (χ3v) is 9.47. The van der Waals surface area contributed by atoms with Gasteiger partial charge in [0.1, 0.15) is 11.5 Å². The molecule has 198 valence electrons. The summed E-state index contributed by atoms with van der Waals surface area (Å²) in [7, 11) is -2.40. The topological polar surface area (TPSA) is 93.1 Å². The van der Waals surface area contributed by atoms with E-state index in [9.17, 15) is 18.3 Å². The molecule has 3 rings (SSSR count). The molecule has 7 nitrogen and oxygen atoms in total. The molecule has 0 aliphatic carbocycles. The second kappa shape index (κ2) is 12.2. The van der Waals surface area contributed by atoms with E-state index in [-0.39, 0.29) is 23.0 Å². The standard InChI is InChI=1S/C27H37NO6S2/c1-5-7-13-27(14-8-6-2)18-28(20-9-11-21(29)12-10-20)22-15-24(35-4)23(34-17-26(30)33-3)16-25(22)36(31,32)19-27/h9-12,15-16,29H,5-8,13-14,17-19H2,1-4H3. The van der Waals surface area contributed by atoms with Crippen LogP contribution >= 0.6 is 11.8 Å². The number of phenolic OH excluding ortho intramolecular Hbond substituents is 1. The number of sulfone groups is 1. The molecule has 0 atom stereocenters. The number of unbranched alkanes of at least 4 members (excludes halogenated alkanes) is 2. The molecule has 1 heterocycles. The van der Waals surface area contributed by atoms with Crippen LogP contribution in [-0.4, -0.2) is 51.8 Å². The number of carbonyl (C=O) groups is 1. The predicted octanol–water partition coefficient (Wildman–Crippen LogP) is 5.96. The number of rotatable bonds is 11. The minimum Gasteiger partial charge on any atom is -0.508 e. The zero-order valence-corrected chi connectivity index (χ0v) is 23.2. The van der Waals surface area contributed by atoms with Crippen molar-refractivity contribution in [3.05, 3.63) is 36.4 Å². The van der Waals surface area contributed by atoms with Gasteiger partial charge in [-0.05, 0) is 49.4 Å². The zero-order valence-electron chi connectivity index (χ0n) is 21.6. The summed E-state index contributed by atoms with van der Waals surface area (Å²) in [6, 6.07) is 10.3. The Bertz CT molecular complexity index is 1140. The van der Waals surface area contributed by atoms with E-state index < -0.39 is 21.2 Å². The van der Waals surface area contributed by atoms with Gasteiger partial charge in [-0.25, -0.2) is 13.2 Å². The van der Waals surface area contributed by atoms with Crippen molar-refractivity contribution in [2.75, 3.05) is 37.2 Å². The Morgan fingerprint density at radius 3 is 2.31 bits per heavy atom. The molecule has 0 unspecified atom stereocenters. The van der Waals surface area contributed by atoms with E-state index in [1.165, 1.54) is 18.9 Å². The Morgan fingerprint density at radius 2 is 1.75 bits per heavy atom. The molecular formula is C27H37NO6S2. The molecule has 0 saturated carbocycles. The van der Waals surface area contributed by atoms with Gasteiger partial charge in [-0.2, -0.15) is 0 Å². The van der Waals surface area contributed by atoms with E-state index in [0.717, 1.165) is 49.1 Å². The quantitative estimate of drug-likeness (QED) is 0.278. The Kier molecular flexibility index (Phi) is 9.58. The summed E-state index contributed by atoms with van der Waals surface area (Å²) in [4.78, 5) is 14.7. The van der Waals surface area contributed by atoms with Crippen LogP contribution in [0.3, 0.4) is 0 Å². The number of aromatic hydroxyl groups is 1. The van der Waals surface area contributed by atoms with Gasteiger partial charge < -0.3 is 19.5 Å². The van der Waals surface area contributed by atoms with E-state index in [0.29, 0.717) is 18.0 Å². The number of nitrogens with zero attached hydrogens (tertiary/aromatic N) is 1.